The summed E-state index contributed by atoms with van der Waals surface area (Å²) >= 11 is 0. The van der Waals surface area contributed by atoms with Crippen molar-refractivity contribution < 1.29 is 21.9 Å². The van der Waals surface area contributed by atoms with Crippen molar-refractivity contribution in [2.24, 2.45) is 0 Å². The van der Waals surface area contributed by atoms with Crippen LogP contribution < -0.4 is 9.03 Å². The third kappa shape index (κ3) is 4.42. The molecule has 2 N–H and O–H groups in total. The zero-order chi connectivity index (χ0) is 19.5. The number of aromatic hydroxyl groups is 1. The molecule has 1 aliphatic heterocycles. The van der Waals surface area contributed by atoms with Crippen molar-refractivity contribution in [3.05, 3.63) is 66.5 Å². The summed E-state index contributed by atoms with van der Waals surface area (Å²) in [5.41, 5.74) is 0.966. The number of sulfone groups is 1. The fraction of sp³-hybridized carbons (Fsp3) is 0.222. The van der Waals surface area contributed by atoms with Crippen LogP contribution in [-0.2, 0) is 26.5 Å². The number of hydrogen-bond acceptors (Lipinski definition) is 5. The molecule has 1 aliphatic rings. The molecule has 0 fully saturated rings. The molecular formula is C18H20N2O5S2. The summed E-state index contributed by atoms with van der Waals surface area (Å²) in [6.07, 6.45) is 4.30. The van der Waals surface area contributed by atoms with Crippen molar-refractivity contribution in [1.29, 1.82) is 0 Å². The van der Waals surface area contributed by atoms with E-state index in [1.54, 1.807) is 36.4 Å². The van der Waals surface area contributed by atoms with Gasteiger partial charge in [0, 0.05) is 12.4 Å². The first-order chi connectivity index (χ1) is 12.8. The molecular weight excluding hydrogens is 388 g/mol. The number of phenols is 1. The normalized spacial score (nSPS) is 15.6. The predicted octanol–water partition coefficient (Wildman–Crippen LogP) is 2.31. The molecule has 0 amide bonds. The maximum Gasteiger partial charge on any atom is 0.327 e. The minimum absolute atomic E-state index is 0.0591. The molecule has 1 heterocycles. The van der Waals surface area contributed by atoms with Gasteiger partial charge in [0.05, 0.1) is 16.3 Å². The van der Waals surface area contributed by atoms with Crippen LogP contribution in [0, 0.1) is 0 Å². The first kappa shape index (κ1) is 19.2. The van der Waals surface area contributed by atoms with E-state index in [2.05, 4.69) is 4.72 Å². The van der Waals surface area contributed by atoms with E-state index in [9.17, 15) is 21.9 Å². The average molecular weight is 409 g/mol. The number of benzene rings is 2. The SMILES string of the molecule is O=S(=O)(CCCCc1ccc(N2C=CNS2(=O)=O)c(O)c1)c1ccccc1. The van der Waals surface area contributed by atoms with E-state index < -0.39 is 20.0 Å². The van der Waals surface area contributed by atoms with Gasteiger partial charge >= 0.3 is 10.2 Å². The maximum absolute atomic E-state index is 12.2. The Labute approximate surface area is 159 Å². The van der Waals surface area contributed by atoms with Crippen LogP contribution in [-0.4, -0.2) is 27.7 Å². The van der Waals surface area contributed by atoms with Gasteiger partial charge in [-0.05, 0) is 49.1 Å². The molecule has 0 radical (unpaired) electrons. The standard InChI is InChI=1S/C18H20N2O5S2/c21-18-14-15(9-10-17(18)20-12-11-19-27(20,24)25)6-4-5-13-26(22,23)16-7-2-1-3-8-16/h1-3,7-12,14,19,21H,4-6,13H2. The van der Waals surface area contributed by atoms with Gasteiger partial charge in [0.1, 0.15) is 5.75 Å². The van der Waals surface area contributed by atoms with Gasteiger partial charge in [-0.1, -0.05) is 24.3 Å². The quantitative estimate of drug-likeness (QED) is 0.684. The van der Waals surface area contributed by atoms with Crippen molar-refractivity contribution in [3.8, 4) is 5.75 Å². The zero-order valence-corrected chi connectivity index (χ0v) is 16.1. The molecule has 9 heteroatoms. The van der Waals surface area contributed by atoms with E-state index in [1.807, 2.05) is 0 Å². The first-order valence-electron chi connectivity index (χ1n) is 8.38. The van der Waals surface area contributed by atoms with E-state index in [0.29, 0.717) is 24.2 Å². The van der Waals surface area contributed by atoms with E-state index in [-0.39, 0.29) is 17.2 Å². The molecule has 0 aliphatic carbocycles. The zero-order valence-electron chi connectivity index (χ0n) is 14.4. The van der Waals surface area contributed by atoms with Gasteiger partial charge < -0.3 is 5.11 Å². The second-order valence-electron chi connectivity index (χ2n) is 6.15. The van der Waals surface area contributed by atoms with E-state index in [0.717, 1.165) is 9.87 Å². The van der Waals surface area contributed by atoms with Gasteiger partial charge in [-0.2, -0.15) is 8.42 Å². The minimum Gasteiger partial charge on any atom is -0.506 e. The number of phenolic OH excluding ortho intramolecular Hbond substituents is 1. The van der Waals surface area contributed by atoms with Crippen LogP contribution in [0.1, 0.15) is 18.4 Å². The smallest absolute Gasteiger partial charge is 0.327 e. The lowest BCUT2D eigenvalue weighted by atomic mass is 10.1. The Morgan fingerprint density at radius 1 is 1.04 bits per heavy atom. The Morgan fingerprint density at radius 2 is 1.78 bits per heavy atom. The minimum atomic E-state index is -3.69. The highest BCUT2D eigenvalue weighted by atomic mass is 32.2. The molecule has 0 spiro atoms. The van der Waals surface area contributed by atoms with Crippen LogP contribution in [0.4, 0.5) is 5.69 Å². The molecule has 0 saturated heterocycles. The van der Waals surface area contributed by atoms with E-state index in [4.69, 9.17) is 0 Å². The Hall–Kier alpha value is -2.52. The van der Waals surface area contributed by atoms with Crippen LogP contribution in [0.25, 0.3) is 0 Å². The third-order valence-corrected chi connectivity index (χ3v) is 7.28. The molecule has 7 nitrogen and oxygen atoms in total. The van der Waals surface area contributed by atoms with Crippen molar-refractivity contribution in [3.63, 3.8) is 0 Å². The summed E-state index contributed by atoms with van der Waals surface area (Å²) in [6, 6.07) is 13.1. The van der Waals surface area contributed by atoms with Crippen molar-refractivity contribution >= 4 is 25.7 Å². The van der Waals surface area contributed by atoms with Crippen LogP contribution in [0.5, 0.6) is 5.75 Å². The van der Waals surface area contributed by atoms with E-state index >= 15 is 0 Å². The molecule has 144 valence electrons. The lowest BCUT2D eigenvalue weighted by Gasteiger charge is -2.16. The largest absolute Gasteiger partial charge is 0.506 e. The highest BCUT2D eigenvalue weighted by molar-refractivity contribution is 7.91. The van der Waals surface area contributed by atoms with E-state index in [1.165, 1.54) is 24.5 Å². The summed E-state index contributed by atoms with van der Waals surface area (Å²) < 4.78 is 51.2. The van der Waals surface area contributed by atoms with Crippen molar-refractivity contribution in [2.75, 3.05) is 10.1 Å². The molecule has 27 heavy (non-hydrogen) atoms. The average Bonchev–Trinajstić information content (AvgIpc) is 2.99. The highest BCUT2D eigenvalue weighted by Crippen LogP contribution is 2.32. The Morgan fingerprint density at radius 3 is 2.41 bits per heavy atom. The predicted molar refractivity (Wildman–Crippen MR) is 103 cm³/mol. The third-order valence-electron chi connectivity index (χ3n) is 4.19. The summed E-state index contributed by atoms with van der Waals surface area (Å²) in [5, 5.41) is 10.2. The molecule has 0 unspecified atom stereocenters. The molecule has 0 aromatic heterocycles. The Balaban J connectivity index is 1.58. The number of rotatable bonds is 7. The van der Waals surface area contributed by atoms with Gasteiger partial charge in [-0.15, -0.1) is 0 Å². The molecule has 3 rings (SSSR count). The number of anilines is 1. The monoisotopic (exact) mass is 408 g/mol. The number of aryl methyl sites for hydroxylation is 1. The summed E-state index contributed by atoms with van der Waals surface area (Å²) in [5.74, 6) is -0.0925. The first-order valence-corrected chi connectivity index (χ1v) is 11.5. The van der Waals surface area contributed by atoms with Gasteiger partial charge in [0.15, 0.2) is 9.84 Å². The van der Waals surface area contributed by atoms with Crippen LogP contribution in [0.2, 0.25) is 0 Å². The second kappa shape index (κ2) is 7.61. The van der Waals surface area contributed by atoms with Crippen LogP contribution >= 0.6 is 0 Å². The molecule has 2 aromatic carbocycles. The molecule has 2 aromatic rings. The fourth-order valence-electron chi connectivity index (χ4n) is 2.81. The topological polar surface area (TPSA) is 104 Å². The number of nitrogens with one attached hydrogen (secondary N) is 1. The fourth-order valence-corrected chi connectivity index (χ4v) is 5.18. The van der Waals surface area contributed by atoms with Gasteiger partial charge in [-0.25, -0.2) is 12.7 Å². The number of hydrogen-bond donors (Lipinski definition) is 2. The Kier molecular flexibility index (Phi) is 5.43. The Bertz CT molecular complexity index is 1050. The molecule has 0 atom stereocenters. The summed E-state index contributed by atoms with van der Waals surface area (Å²) in [7, 11) is -6.98. The highest BCUT2D eigenvalue weighted by Gasteiger charge is 2.25. The van der Waals surface area contributed by atoms with Crippen LogP contribution in [0.3, 0.4) is 0 Å². The van der Waals surface area contributed by atoms with Crippen LogP contribution in [0.15, 0.2) is 65.8 Å². The number of nitrogens with zero attached hydrogens (tertiary/aromatic N) is 1. The maximum atomic E-state index is 12.2. The molecule has 0 saturated carbocycles. The summed E-state index contributed by atoms with van der Waals surface area (Å²) in [6.45, 7) is 0. The van der Waals surface area contributed by atoms with Crippen molar-refractivity contribution in [2.45, 2.75) is 24.2 Å². The number of unbranched alkanes of at least 4 members (excludes halogenated alkanes) is 1. The summed E-state index contributed by atoms with van der Waals surface area (Å²) in [4.78, 5) is 0.320. The molecule has 0 bridgehead atoms. The second-order valence-corrected chi connectivity index (χ2v) is 9.83. The van der Waals surface area contributed by atoms with Gasteiger partial charge in [-0.3, -0.25) is 4.72 Å². The van der Waals surface area contributed by atoms with Crippen molar-refractivity contribution in [1.82, 2.24) is 4.72 Å². The van der Waals surface area contributed by atoms with Gasteiger partial charge in [0.25, 0.3) is 0 Å². The van der Waals surface area contributed by atoms with Gasteiger partial charge in [0.2, 0.25) is 0 Å². The lowest BCUT2D eigenvalue weighted by molar-refractivity contribution is 0.475. The lowest BCUT2D eigenvalue weighted by Crippen LogP contribution is -2.28.